The van der Waals surface area contributed by atoms with Crippen molar-refractivity contribution < 1.29 is 13.9 Å². The number of piperazine rings is 1. The topological polar surface area (TPSA) is 102 Å². The first-order valence-electron chi connectivity index (χ1n) is 13.4. The van der Waals surface area contributed by atoms with Crippen LogP contribution in [-0.4, -0.2) is 71.3 Å². The fourth-order valence-corrected chi connectivity index (χ4v) is 5.53. The van der Waals surface area contributed by atoms with Crippen LogP contribution in [0.5, 0.6) is 0 Å². The number of rotatable bonds is 7. The van der Waals surface area contributed by atoms with E-state index in [1.54, 1.807) is 12.1 Å². The Bertz CT molecular complexity index is 1480. The van der Waals surface area contributed by atoms with Gasteiger partial charge in [-0.25, -0.2) is 9.37 Å². The van der Waals surface area contributed by atoms with Gasteiger partial charge in [0.05, 0.1) is 17.3 Å². The number of primary amides is 1. The molecule has 2 aromatic heterocycles. The molecular weight excluding hydrogens is 497 g/mol. The second kappa shape index (κ2) is 11.0. The standard InChI is InChI=1S/C29H32FN7O2/c30-25-17-32-29(34-28(25)37-19-24(27(31)38)23-6-1-2-7-26(23)37)33-21-4-3-5-22(16-21)36-12-10-35(11-13-36)18-20-8-14-39-15-9-20/h1-7,16-17,19-20H,8-15,18H2,(H2,31,38)(H,32,33,34). The Morgan fingerprint density at radius 2 is 1.87 bits per heavy atom. The number of nitrogens with one attached hydrogen (secondary N) is 1. The number of anilines is 3. The van der Waals surface area contributed by atoms with Crippen LogP contribution in [0, 0.1) is 11.7 Å². The average Bonchev–Trinajstić information content (AvgIpc) is 3.35. The van der Waals surface area contributed by atoms with Crippen molar-refractivity contribution in [3.05, 3.63) is 72.3 Å². The number of nitrogens with zero attached hydrogens (tertiary/aromatic N) is 5. The number of hydrogen-bond donors (Lipinski definition) is 2. The fraction of sp³-hybridized carbons (Fsp3) is 0.345. The van der Waals surface area contributed by atoms with Crippen LogP contribution < -0.4 is 16.0 Å². The van der Waals surface area contributed by atoms with E-state index in [-0.39, 0.29) is 11.8 Å². The lowest BCUT2D eigenvalue weighted by molar-refractivity contribution is 0.0517. The number of carbonyl (C=O) groups excluding carboxylic acids is 1. The Morgan fingerprint density at radius 1 is 1.08 bits per heavy atom. The number of halogens is 1. The van der Waals surface area contributed by atoms with Crippen LogP contribution >= 0.6 is 0 Å². The molecule has 0 radical (unpaired) electrons. The van der Waals surface area contributed by atoms with Crippen LogP contribution in [-0.2, 0) is 4.74 Å². The van der Waals surface area contributed by atoms with Crippen molar-refractivity contribution in [3.63, 3.8) is 0 Å². The van der Waals surface area contributed by atoms with E-state index in [2.05, 4.69) is 37.2 Å². The van der Waals surface area contributed by atoms with Gasteiger partial charge in [0.1, 0.15) is 0 Å². The van der Waals surface area contributed by atoms with E-state index in [1.165, 1.54) is 10.8 Å². The molecule has 0 spiro atoms. The quantitative estimate of drug-likeness (QED) is 0.374. The molecule has 202 valence electrons. The van der Waals surface area contributed by atoms with Crippen LogP contribution in [0.4, 0.5) is 21.7 Å². The molecule has 0 bridgehead atoms. The minimum Gasteiger partial charge on any atom is -0.381 e. The molecule has 10 heteroatoms. The van der Waals surface area contributed by atoms with Gasteiger partial charge in [0.25, 0.3) is 5.91 Å². The highest BCUT2D eigenvalue weighted by Crippen LogP contribution is 2.27. The first kappa shape index (κ1) is 25.3. The van der Waals surface area contributed by atoms with Crippen LogP contribution in [0.15, 0.2) is 60.9 Å². The molecule has 0 saturated carbocycles. The first-order chi connectivity index (χ1) is 19.0. The lowest BCUT2D eigenvalue weighted by Crippen LogP contribution is -2.48. The van der Waals surface area contributed by atoms with Gasteiger partial charge in [-0.1, -0.05) is 24.3 Å². The van der Waals surface area contributed by atoms with Crippen LogP contribution in [0.25, 0.3) is 16.7 Å². The Hall–Kier alpha value is -4.02. The van der Waals surface area contributed by atoms with E-state index < -0.39 is 11.7 Å². The molecule has 2 aliphatic rings. The smallest absolute Gasteiger partial charge is 0.250 e. The Balaban J connectivity index is 1.17. The molecule has 6 rings (SSSR count). The number of ether oxygens (including phenoxy) is 1. The van der Waals surface area contributed by atoms with Crippen LogP contribution in [0.1, 0.15) is 23.2 Å². The van der Waals surface area contributed by atoms with Gasteiger partial charge in [-0.05, 0) is 43.0 Å². The van der Waals surface area contributed by atoms with Crippen molar-refractivity contribution >= 4 is 34.1 Å². The molecule has 2 fully saturated rings. The minimum atomic E-state index is -0.607. The largest absolute Gasteiger partial charge is 0.381 e. The highest BCUT2D eigenvalue weighted by molar-refractivity contribution is 6.06. The molecule has 4 aromatic rings. The number of aromatic nitrogens is 3. The minimum absolute atomic E-state index is 0.0352. The summed E-state index contributed by atoms with van der Waals surface area (Å²) < 4.78 is 21.9. The number of hydrogen-bond acceptors (Lipinski definition) is 7. The number of benzene rings is 2. The monoisotopic (exact) mass is 529 g/mol. The predicted octanol–water partition coefficient (Wildman–Crippen LogP) is 3.95. The highest BCUT2D eigenvalue weighted by atomic mass is 19.1. The average molecular weight is 530 g/mol. The normalized spacial score (nSPS) is 17.0. The number of para-hydroxylation sites is 1. The zero-order chi connectivity index (χ0) is 26.8. The summed E-state index contributed by atoms with van der Waals surface area (Å²) in [5, 5.41) is 3.86. The number of fused-ring (bicyclic) bond motifs is 1. The maximum atomic E-state index is 14.9. The molecule has 2 aromatic carbocycles. The van der Waals surface area contributed by atoms with Gasteiger partial charge >= 0.3 is 0 Å². The molecule has 2 aliphatic heterocycles. The molecule has 0 unspecified atom stereocenters. The predicted molar refractivity (Wildman–Crippen MR) is 149 cm³/mol. The summed E-state index contributed by atoms with van der Waals surface area (Å²) in [7, 11) is 0. The molecule has 0 atom stereocenters. The van der Waals surface area contributed by atoms with Gasteiger partial charge in [-0.3, -0.25) is 14.3 Å². The Labute approximate surface area is 226 Å². The van der Waals surface area contributed by atoms with E-state index in [0.717, 1.165) is 82.3 Å². The van der Waals surface area contributed by atoms with Crippen molar-refractivity contribution in [3.8, 4) is 5.82 Å². The third-order valence-electron chi connectivity index (χ3n) is 7.63. The third-order valence-corrected chi connectivity index (χ3v) is 7.63. The molecular formula is C29H32FN7O2. The van der Waals surface area contributed by atoms with Crippen LogP contribution in [0.2, 0.25) is 0 Å². The van der Waals surface area contributed by atoms with Crippen molar-refractivity contribution in [2.75, 3.05) is 56.2 Å². The van der Waals surface area contributed by atoms with Gasteiger partial charge < -0.3 is 20.7 Å². The van der Waals surface area contributed by atoms with E-state index >= 15 is 0 Å². The second-order valence-electron chi connectivity index (χ2n) is 10.2. The molecule has 3 N–H and O–H groups in total. The van der Waals surface area contributed by atoms with Crippen molar-refractivity contribution in [2.24, 2.45) is 11.7 Å². The second-order valence-corrected chi connectivity index (χ2v) is 10.2. The van der Waals surface area contributed by atoms with E-state index in [9.17, 15) is 9.18 Å². The van der Waals surface area contributed by atoms with Crippen molar-refractivity contribution in [1.82, 2.24) is 19.4 Å². The zero-order valence-electron chi connectivity index (χ0n) is 21.7. The fourth-order valence-electron chi connectivity index (χ4n) is 5.53. The summed E-state index contributed by atoms with van der Waals surface area (Å²) in [6.45, 7) is 6.94. The summed E-state index contributed by atoms with van der Waals surface area (Å²) in [6.07, 6.45) is 4.97. The Kier molecular flexibility index (Phi) is 7.12. The van der Waals surface area contributed by atoms with Gasteiger partial charge in [0.15, 0.2) is 11.6 Å². The molecule has 4 heterocycles. The van der Waals surface area contributed by atoms with E-state index in [4.69, 9.17) is 10.5 Å². The van der Waals surface area contributed by atoms with Crippen LogP contribution in [0.3, 0.4) is 0 Å². The molecule has 9 nitrogen and oxygen atoms in total. The van der Waals surface area contributed by atoms with Gasteiger partial charge in [-0.15, -0.1) is 0 Å². The lowest BCUT2D eigenvalue weighted by Gasteiger charge is -2.38. The van der Waals surface area contributed by atoms with Gasteiger partial charge in [-0.2, -0.15) is 4.98 Å². The van der Waals surface area contributed by atoms with E-state index in [0.29, 0.717) is 16.5 Å². The molecule has 2 saturated heterocycles. The summed E-state index contributed by atoms with van der Waals surface area (Å²) in [5.74, 6) is -0.162. The summed E-state index contributed by atoms with van der Waals surface area (Å²) >= 11 is 0. The summed E-state index contributed by atoms with van der Waals surface area (Å²) in [6, 6.07) is 15.3. The summed E-state index contributed by atoms with van der Waals surface area (Å²) in [5.41, 5.74) is 8.43. The zero-order valence-corrected chi connectivity index (χ0v) is 21.7. The van der Waals surface area contributed by atoms with Crippen molar-refractivity contribution in [1.29, 1.82) is 0 Å². The molecule has 1 amide bonds. The van der Waals surface area contributed by atoms with E-state index in [1.807, 2.05) is 24.3 Å². The van der Waals surface area contributed by atoms with Gasteiger partial charge in [0.2, 0.25) is 5.95 Å². The third kappa shape index (κ3) is 5.43. The van der Waals surface area contributed by atoms with Gasteiger partial charge in [0, 0.05) is 68.9 Å². The number of carbonyl (C=O) groups is 1. The maximum absolute atomic E-state index is 14.9. The SMILES string of the molecule is NC(=O)c1cn(-c2nc(Nc3cccc(N4CCN(CC5CCOCC5)CC4)c3)ncc2F)c2ccccc12. The summed E-state index contributed by atoms with van der Waals surface area (Å²) in [4.78, 5) is 25.5. The maximum Gasteiger partial charge on any atom is 0.250 e. The molecule has 39 heavy (non-hydrogen) atoms. The number of amides is 1. The van der Waals surface area contributed by atoms with Crippen molar-refractivity contribution in [2.45, 2.75) is 12.8 Å². The molecule has 0 aliphatic carbocycles. The first-order valence-corrected chi connectivity index (χ1v) is 13.4. The Morgan fingerprint density at radius 3 is 2.67 bits per heavy atom. The number of nitrogens with two attached hydrogens (primary N) is 1. The highest BCUT2D eigenvalue weighted by Gasteiger charge is 2.22. The lowest BCUT2D eigenvalue weighted by atomic mass is 9.99.